The molecule has 2 aliphatic heterocycles. The molecule has 4 rings (SSSR count). The van der Waals surface area contributed by atoms with E-state index < -0.39 is 23.8 Å². The van der Waals surface area contributed by atoms with Gasteiger partial charge in [-0.25, -0.2) is 9.59 Å². The zero-order valence-electron chi connectivity index (χ0n) is 20.2. The van der Waals surface area contributed by atoms with Gasteiger partial charge in [-0.3, -0.25) is 4.90 Å². The second kappa shape index (κ2) is 9.00. The topological polar surface area (TPSA) is 104 Å². The minimum absolute atomic E-state index is 0.176. The lowest BCUT2D eigenvalue weighted by Gasteiger charge is -2.28. The van der Waals surface area contributed by atoms with E-state index in [1.165, 1.54) is 4.90 Å². The number of likely N-dealkylation sites (tertiary alicyclic amines) is 1. The number of anilines is 1. The molecular weight excluding hydrogens is 440 g/mol. The van der Waals surface area contributed by atoms with Crippen molar-refractivity contribution in [1.29, 1.82) is 0 Å². The molecule has 0 unspecified atom stereocenters. The van der Waals surface area contributed by atoms with Crippen molar-refractivity contribution in [2.75, 3.05) is 38.8 Å². The van der Waals surface area contributed by atoms with Gasteiger partial charge < -0.3 is 23.8 Å². The molecule has 182 valence electrons. The van der Waals surface area contributed by atoms with Crippen LogP contribution in [0.15, 0.2) is 18.2 Å². The largest absolute Gasteiger partial charge is 0.497 e. The molecule has 0 radical (unpaired) electrons. The van der Waals surface area contributed by atoms with Crippen LogP contribution in [-0.2, 0) is 9.53 Å². The lowest BCUT2D eigenvalue weighted by molar-refractivity contribution is -0.372. The highest BCUT2D eigenvalue weighted by atomic mass is 16.6. The number of carbonyl (C=O) groups excluding carboxylic acids is 2. The molecule has 0 spiro atoms. The monoisotopic (exact) mass is 471 g/mol. The van der Waals surface area contributed by atoms with E-state index in [2.05, 4.69) is 11.7 Å². The zero-order valence-corrected chi connectivity index (χ0v) is 20.2. The molecule has 0 saturated carbocycles. The van der Waals surface area contributed by atoms with Crippen LogP contribution < -0.4 is 24.1 Å². The fourth-order valence-electron chi connectivity index (χ4n) is 4.16. The molecule has 1 saturated heterocycles. The predicted octanol–water partition coefficient (Wildman–Crippen LogP) is 1.14. The number of pyridine rings is 1. The Morgan fingerprint density at radius 3 is 2.71 bits per heavy atom. The molecule has 34 heavy (non-hydrogen) atoms. The summed E-state index contributed by atoms with van der Waals surface area (Å²) in [5.41, 5.74) is -0.693. The van der Waals surface area contributed by atoms with Crippen LogP contribution >= 0.6 is 0 Å². The number of nitrogens with one attached hydrogen (secondary N) is 1. The Bertz CT molecular complexity index is 1130. The maximum atomic E-state index is 12.8. The fourth-order valence-corrected chi connectivity index (χ4v) is 4.16. The van der Waals surface area contributed by atoms with Crippen molar-refractivity contribution in [2.24, 2.45) is 0 Å². The number of fused-ring (bicyclic) bond motifs is 3. The molecule has 2 aliphatic rings. The standard InChI is InChI=1S/C24H30N4O6/c1-24(2,3)34-23(30)28-13-15(12-18(28)21(29)25-4)33-22-16-8-7-14(31-6)11-17(16)19-20(26-22)27(5)9-10-32-19/h7-8,11,15,18H,4,9-10,12-13H2,1-3,5-6H3/p+1/t15-,18+/m1/s1. The fraction of sp³-hybridized carbons (Fsp3) is 0.500. The smallest absolute Gasteiger partial charge is 0.411 e. The summed E-state index contributed by atoms with van der Waals surface area (Å²) in [7, 11) is 3.55. The maximum absolute atomic E-state index is 12.8. The molecule has 1 aromatic carbocycles. The number of ether oxygens (including phenoxy) is 4. The van der Waals surface area contributed by atoms with Gasteiger partial charge in [-0.15, -0.1) is 0 Å². The Morgan fingerprint density at radius 1 is 1.26 bits per heavy atom. The second-order valence-corrected chi connectivity index (χ2v) is 9.42. The highest BCUT2D eigenvalue weighted by Crippen LogP contribution is 2.42. The van der Waals surface area contributed by atoms with Crippen molar-refractivity contribution in [2.45, 2.75) is 44.9 Å². The Hall–Kier alpha value is -3.56. The minimum Gasteiger partial charge on any atom is -0.497 e. The van der Waals surface area contributed by atoms with E-state index in [4.69, 9.17) is 23.9 Å². The first-order chi connectivity index (χ1) is 16.1. The lowest BCUT2D eigenvalue weighted by Crippen LogP contribution is -2.76. The molecule has 1 fully saturated rings. The number of rotatable bonds is 4. The summed E-state index contributed by atoms with van der Waals surface area (Å²) in [6, 6.07) is 4.83. The highest BCUT2D eigenvalue weighted by Gasteiger charge is 2.45. The van der Waals surface area contributed by atoms with Crippen LogP contribution in [0, 0.1) is 0 Å². The first-order valence-electron chi connectivity index (χ1n) is 11.2. The van der Waals surface area contributed by atoms with Crippen LogP contribution in [-0.4, -0.2) is 80.2 Å². The zero-order chi connectivity index (χ0) is 24.6. The number of hydrogen-bond donors (Lipinski definition) is 1. The normalized spacial score (nSPS) is 19.9. The Morgan fingerprint density at radius 2 is 2.03 bits per heavy atom. The molecule has 0 aliphatic carbocycles. The van der Waals surface area contributed by atoms with Crippen molar-refractivity contribution >= 4 is 35.3 Å². The molecule has 10 heteroatoms. The van der Waals surface area contributed by atoms with Gasteiger partial charge in [-0.1, -0.05) is 0 Å². The Labute approximate surface area is 198 Å². The summed E-state index contributed by atoms with van der Waals surface area (Å²) in [5.74, 6) is 2.05. The molecule has 2 atom stereocenters. The molecule has 1 aromatic heterocycles. The van der Waals surface area contributed by atoms with E-state index in [0.29, 0.717) is 36.3 Å². The third kappa shape index (κ3) is 4.57. The molecule has 2 amide bonds. The van der Waals surface area contributed by atoms with Crippen LogP contribution in [0.5, 0.6) is 17.4 Å². The van der Waals surface area contributed by atoms with Crippen molar-refractivity contribution in [3.8, 4) is 17.4 Å². The Balaban J connectivity index is 1.68. The number of hydrogen-bond acceptors (Lipinski definition) is 8. The van der Waals surface area contributed by atoms with Gasteiger partial charge in [0, 0.05) is 24.2 Å². The predicted molar refractivity (Wildman–Crippen MR) is 126 cm³/mol. The van der Waals surface area contributed by atoms with Gasteiger partial charge in [0.1, 0.15) is 30.8 Å². The quantitative estimate of drug-likeness (QED) is 0.662. The average Bonchev–Trinajstić information content (AvgIpc) is 3.22. The summed E-state index contributed by atoms with van der Waals surface area (Å²) < 4.78 is 23.2. The highest BCUT2D eigenvalue weighted by molar-refractivity contribution is 5.97. The summed E-state index contributed by atoms with van der Waals surface area (Å²) in [5, 5.41) is 1.57. The minimum atomic E-state index is -0.757. The average molecular weight is 472 g/mol. The van der Waals surface area contributed by atoms with Crippen LogP contribution in [0.25, 0.3) is 10.8 Å². The number of likely N-dealkylation sites (N-methyl/N-ethyl adjacent to an activating group) is 1. The van der Waals surface area contributed by atoms with Crippen LogP contribution in [0.1, 0.15) is 27.2 Å². The number of nitrogens with zero attached hydrogens (tertiary/aromatic N) is 3. The second-order valence-electron chi connectivity index (χ2n) is 9.42. The van der Waals surface area contributed by atoms with Crippen LogP contribution in [0.4, 0.5) is 10.6 Å². The molecular formula is C24H31N4O6+. The van der Waals surface area contributed by atoms with E-state index in [1.54, 1.807) is 27.9 Å². The number of amides is 2. The van der Waals surface area contributed by atoms with Crippen LogP contribution in [0.3, 0.4) is 0 Å². The van der Waals surface area contributed by atoms with Gasteiger partial charge in [-0.2, -0.15) is 9.98 Å². The van der Waals surface area contributed by atoms with Crippen molar-refractivity contribution in [3.05, 3.63) is 18.2 Å². The van der Waals surface area contributed by atoms with Crippen molar-refractivity contribution in [1.82, 2.24) is 9.88 Å². The summed E-state index contributed by atoms with van der Waals surface area (Å²) >= 11 is 0. The lowest BCUT2D eigenvalue weighted by atomic mass is 10.1. The van der Waals surface area contributed by atoms with Gasteiger partial charge >= 0.3 is 12.0 Å². The van der Waals surface area contributed by atoms with Gasteiger partial charge in [0.05, 0.1) is 20.2 Å². The van der Waals surface area contributed by atoms with Crippen molar-refractivity contribution in [3.63, 3.8) is 0 Å². The van der Waals surface area contributed by atoms with E-state index >= 15 is 0 Å². The SMILES string of the molecule is C=[NH+]C(=O)[C@@H]1C[C@@H](Oc2nc3c(c4cc(OC)ccc24)OCCN3C)CN1C(=O)OC(C)(C)C. The third-order valence-corrected chi connectivity index (χ3v) is 5.79. The number of aromatic nitrogens is 1. The first-order valence-corrected chi connectivity index (χ1v) is 11.2. The maximum Gasteiger partial charge on any atom is 0.411 e. The summed E-state index contributed by atoms with van der Waals surface area (Å²) in [6.07, 6.45) is -0.766. The van der Waals surface area contributed by atoms with Gasteiger partial charge in [0.25, 0.3) is 0 Å². The van der Waals surface area contributed by atoms with Crippen LogP contribution in [0.2, 0.25) is 0 Å². The molecule has 1 N–H and O–H groups in total. The summed E-state index contributed by atoms with van der Waals surface area (Å²) in [4.78, 5) is 35.8. The number of carbonyl (C=O) groups is 2. The first kappa shape index (κ1) is 23.6. The van der Waals surface area contributed by atoms with Gasteiger partial charge in [0.15, 0.2) is 17.6 Å². The van der Waals surface area contributed by atoms with Crippen molar-refractivity contribution < 1.29 is 33.5 Å². The molecule has 2 aromatic rings. The number of methoxy groups -OCH3 is 1. The van der Waals surface area contributed by atoms with E-state index in [9.17, 15) is 9.59 Å². The molecule has 10 nitrogen and oxygen atoms in total. The van der Waals surface area contributed by atoms with Gasteiger partial charge in [-0.05, 0) is 39.0 Å². The molecule has 3 heterocycles. The third-order valence-electron chi connectivity index (χ3n) is 5.79. The molecule has 0 bridgehead atoms. The number of benzene rings is 1. The van der Waals surface area contributed by atoms with Gasteiger partial charge in [0.2, 0.25) is 5.88 Å². The van der Waals surface area contributed by atoms with E-state index in [-0.39, 0.29) is 18.9 Å². The Kier molecular flexibility index (Phi) is 6.24. The summed E-state index contributed by atoms with van der Waals surface area (Å²) in [6.45, 7) is 10.2. The van der Waals surface area contributed by atoms with E-state index in [1.807, 2.05) is 30.1 Å². The van der Waals surface area contributed by atoms with E-state index in [0.717, 1.165) is 10.8 Å².